The van der Waals surface area contributed by atoms with Gasteiger partial charge in [0, 0.05) is 10.8 Å². The summed E-state index contributed by atoms with van der Waals surface area (Å²) in [6.45, 7) is 0. The van der Waals surface area contributed by atoms with Crippen LogP contribution in [0.2, 0.25) is 0 Å². The van der Waals surface area contributed by atoms with Crippen LogP contribution in [0.1, 0.15) is 5.48 Å². The van der Waals surface area contributed by atoms with E-state index in [1.807, 2.05) is 91.0 Å². The van der Waals surface area contributed by atoms with Crippen LogP contribution in [0.4, 0.5) is 0 Å². The maximum Gasteiger partial charge on any atom is 0.136 e. The molecule has 0 N–H and O–H groups in total. The average molecular weight is 627 g/mol. The molecule has 1 nitrogen and oxygen atoms in total. The van der Waals surface area contributed by atoms with Gasteiger partial charge in [-0.2, -0.15) is 0 Å². The van der Waals surface area contributed by atoms with Gasteiger partial charge in [0.15, 0.2) is 0 Å². The maximum absolute atomic E-state index is 9.71. The third-order valence-corrected chi connectivity index (χ3v) is 9.72. The molecule has 0 saturated heterocycles. The fourth-order valence-corrected chi connectivity index (χ4v) is 7.49. The molecule has 49 heavy (non-hydrogen) atoms. The summed E-state index contributed by atoms with van der Waals surface area (Å²) in [6.07, 6.45) is 0. The lowest BCUT2D eigenvalue weighted by Gasteiger charge is -2.18. The van der Waals surface area contributed by atoms with Crippen LogP contribution in [0.15, 0.2) is 186 Å². The smallest absolute Gasteiger partial charge is 0.136 e. The first-order valence-corrected chi connectivity index (χ1v) is 16.5. The zero-order chi connectivity index (χ0) is 35.8. The highest BCUT2D eigenvalue weighted by atomic mass is 16.3. The third kappa shape index (κ3) is 4.47. The molecule has 0 aliphatic heterocycles. The van der Waals surface area contributed by atoms with Crippen LogP contribution >= 0.6 is 0 Å². The van der Waals surface area contributed by atoms with Gasteiger partial charge in [0.2, 0.25) is 0 Å². The normalized spacial score (nSPS) is 12.8. The van der Waals surface area contributed by atoms with Gasteiger partial charge in [-0.3, -0.25) is 0 Å². The minimum absolute atomic E-state index is 0.0747. The molecule has 9 aromatic carbocycles. The molecule has 1 aromatic heterocycles. The summed E-state index contributed by atoms with van der Waals surface area (Å²) in [5.41, 5.74) is 8.04. The van der Waals surface area contributed by atoms with Crippen LogP contribution in [0.3, 0.4) is 0 Å². The van der Waals surface area contributed by atoms with Gasteiger partial charge < -0.3 is 4.42 Å². The summed E-state index contributed by atoms with van der Waals surface area (Å²) in [5, 5.41) is 7.78. The Labute approximate surface area is 289 Å². The minimum atomic E-state index is -0.194. The van der Waals surface area contributed by atoms with Crippen molar-refractivity contribution in [3.8, 4) is 44.5 Å². The molecule has 0 aliphatic carbocycles. The molecule has 0 spiro atoms. The van der Waals surface area contributed by atoms with E-state index < -0.39 is 0 Å². The van der Waals surface area contributed by atoms with Crippen molar-refractivity contribution in [2.75, 3.05) is 0 Å². The van der Waals surface area contributed by atoms with Crippen LogP contribution in [-0.4, -0.2) is 0 Å². The highest BCUT2D eigenvalue weighted by Gasteiger charge is 2.20. The van der Waals surface area contributed by atoms with E-state index in [0.29, 0.717) is 16.7 Å². The van der Waals surface area contributed by atoms with Crippen LogP contribution in [0, 0.1) is 0 Å². The second-order valence-electron chi connectivity index (χ2n) is 12.5. The number of fused-ring (bicyclic) bond motifs is 6. The topological polar surface area (TPSA) is 13.1 Å². The zero-order valence-corrected chi connectivity index (χ0v) is 26.4. The Morgan fingerprint density at radius 1 is 0.388 bits per heavy atom. The van der Waals surface area contributed by atoms with Crippen molar-refractivity contribution in [3.63, 3.8) is 0 Å². The highest BCUT2D eigenvalue weighted by molar-refractivity contribution is 6.25. The Hall–Kier alpha value is -6.44. The monoisotopic (exact) mass is 626 g/mol. The number of benzene rings is 9. The minimum Gasteiger partial charge on any atom is -0.456 e. The first kappa shape index (κ1) is 23.8. The van der Waals surface area contributed by atoms with Crippen molar-refractivity contribution >= 4 is 54.3 Å². The largest absolute Gasteiger partial charge is 0.456 e. The quantitative estimate of drug-likeness (QED) is 0.177. The van der Waals surface area contributed by atoms with E-state index in [9.17, 15) is 2.74 Å². The van der Waals surface area contributed by atoms with Crippen LogP contribution < -0.4 is 0 Å². The van der Waals surface area contributed by atoms with Gasteiger partial charge in [0.1, 0.15) is 11.2 Å². The molecule has 10 rings (SSSR count). The van der Waals surface area contributed by atoms with Crippen molar-refractivity contribution < 1.29 is 9.90 Å². The summed E-state index contributed by atoms with van der Waals surface area (Å²) >= 11 is 0. The van der Waals surface area contributed by atoms with Gasteiger partial charge in [-0.05, 0) is 107 Å². The Kier molecular flexibility index (Phi) is 5.38. The molecule has 0 atom stereocenters. The van der Waals surface area contributed by atoms with Crippen molar-refractivity contribution in [2.45, 2.75) is 0 Å². The lowest BCUT2D eigenvalue weighted by atomic mass is 9.84. The Bertz CT molecular complexity index is 3050. The van der Waals surface area contributed by atoms with E-state index in [1.165, 1.54) is 0 Å². The van der Waals surface area contributed by atoms with Gasteiger partial charge in [-0.15, -0.1) is 0 Å². The molecule has 0 bridgehead atoms. The second-order valence-corrected chi connectivity index (χ2v) is 12.5. The Balaban J connectivity index is 1.29. The predicted octanol–water partition coefficient (Wildman–Crippen LogP) is 13.7. The summed E-state index contributed by atoms with van der Waals surface area (Å²) in [5.74, 6) is 0. The Morgan fingerprint density at radius 3 is 1.80 bits per heavy atom. The molecule has 1 heteroatoms. The van der Waals surface area contributed by atoms with E-state index in [4.69, 9.17) is 7.16 Å². The lowest BCUT2D eigenvalue weighted by molar-refractivity contribution is 0.669. The maximum atomic E-state index is 9.71. The number of furan rings is 1. The van der Waals surface area contributed by atoms with Gasteiger partial charge in [-0.1, -0.05) is 152 Å². The first-order valence-electron chi connectivity index (χ1n) is 18.5. The molecule has 0 radical (unpaired) electrons. The van der Waals surface area contributed by atoms with E-state index in [1.54, 1.807) is 0 Å². The predicted molar refractivity (Wildman–Crippen MR) is 208 cm³/mol. The number of hydrogen-bond acceptors (Lipinski definition) is 1. The molecule has 0 fully saturated rings. The van der Waals surface area contributed by atoms with E-state index >= 15 is 0 Å². The number of hydrogen-bond donors (Lipinski definition) is 0. The van der Waals surface area contributed by atoms with E-state index in [0.717, 1.165) is 82.1 Å². The molecule has 1 heterocycles. The molecule has 0 unspecified atom stereocenters. The van der Waals surface area contributed by atoms with E-state index in [2.05, 4.69) is 66.7 Å². The molecular weight excluding hydrogens is 593 g/mol. The molecule has 0 saturated carbocycles. The van der Waals surface area contributed by atoms with Gasteiger partial charge in [0.05, 0.1) is 5.48 Å². The summed E-state index contributed by atoms with van der Waals surface area (Å²) in [4.78, 5) is 0. The highest BCUT2D eigenvalue weighted by Crippen LogP contribution is 2.47. The summed E-state index contributed by atoms with van der Waals surface area (Å²) in [6, 6.07) is 52.8. The molecule has 0 aliphatic rings. The standard InChI is InChI=1S/C48H30O/c1-2-12-31(13-3-1)36-26-27-44-43(30-36)48-42(22-11-23-45(48)49-44)47-40-20-8-6-18-38(40)46(39-19-7-9-21-41(39)47)37-17-10-16-34(29-37)35-25-24-32-14-4-5-15-33(32)28-35/h1-30H/i10D,16D,17D,29D. The van der Waals surface area contributed by atoms with Gasteiger partial charge in [0.25, 0.3) is 0 Å². The van der Waals surface area contributed by atoms with Gasteiger partial charge in [-0.25, -0.2) is 0 Å². The van der Waals surface area contributed by atoms with Crippen molar-refractivity contribution in [1.29, 1.82) is 0 Å². The van der Waals surface area contributed by atoms with Crippen molar-refractivity contribution in [1.82, 2.24) is 0 Å². The zero-order valence-electron chi connectivity index (χ0n) is 30.4. The fraction of sp³-hybridized carbons (Fsp3) is 0. The summed E-state index contributed by atoms with van der Waals surface area (Å²) in [7, 11) is 0. The fourth-order valence-electron chi connectivity index (χ4n) is 7.49. The molecule has 0 amide bonds. The second kappa shape index (κ2) is 11.1. The SMILES string of the molecule is [2H]c1c([2H])c(-c2ccc3ccccc3c2)c([2H])c(-c2c3ccccc3c(-c3cccc4oc5ccc(-c6ccccc6)cc5c34)c3ccccc23)c1[2H]. The average Bonchev–Trinajstić information content (AvgIpc) is 3.59. The molecular formula is C48H30O. The van der Waals surface area contributed by atoms with Crippen LogP contribution in [0.5, 0.6) is 0 Å². The third-order valence-electron chi connectivity index (χ3n) is 9.72. The van der Waals surface area contributed by atoms with Gasteiger partial charge >= 0.3 is 0 Å². The van der Waals surface area contributed by atoms with Crippen molar-refractivity contribution in [3.05, 3.63) is 182 Å². The van der Waals surface area contributed by atoms with E-state index in [-0.39, 0.29) is 24.2 Å². The summed E-state index contributed by atoms with van der Waals surface area (Å²) < 4.78 is 43.5. The van der Waals surface area contributed by atoms with Crippen molar-refractivity contribution in [2.24, 2.45) is 0 Å². The number of rotatable bonds is 4. The molecule has 228 valence electrons. The van der Waals surface area contributed by atoms with Crippen LogP contribution in [0.25, 0.3) is 98.8 Å². The van der Waals surface area contributed by atoms with Crippen LogP contribution in [-0.2, 0) is 0 Å². The lowest BCUT2D eigenvalue weighted by Crippen LogP contribution is -1.91. The molecule has 10 aromatic rings. The first-order chi connectivity index (χ1) is 26.0. The Morgan fingerprint density at radius 2 is 1.02 bits per heavy atom.